The smallest absolute Gasteiger partial charge is 0.410 e. The van der Waals surface area contributed by atoms with Gasteiger partial charge in [0.05, 0.1) is 62.5 Å². The van der Waals surface area contributed by atoms with Crippen LogP contribution in [-0.4, -0.2) is 117 Å². The molecule has 0 bridgehead atoms. The highest BCUT2D eigenvalue weighted by Crippen LogP contribution is 2.35. The summed E-state index contributed by atoms with van der Waals surface area (Å²) in [7, 11) is 3.11. The third-order valence-electron chi connectivity index (χ3n) is 12.2. The zero-order valence-corrected chi connectivity index (χ0v) is 40.0. The van der Waals surface area contributed by atoms with Crippen LogP contribution in [0.3, 0.4) is 0 Å². The molecule has 0 atom stereocenters. The number of amides is 5. The maximum absolute atomic E-state index is 13.1. The molecule has 2 aromatic carbocycles. The van der Waals surface area contributed by atoms with Gasteiger partial charge in [-0.25, -0.2) is 4.79 Å². The number of carbonyl (C=O) groups is 5. The predicted molar refractivity (Wildman–Crippen MR) is 264 cm³/mol. The van der Waals surface area contributed by atoms with Crippen molar-refractivity contribution in [2.24, 2.45) is 0 Å². The molecule has 10 rings (SSSR count). The molecule has 4 aliphatic rings. The van der Waals surface area contributed by atoms with Gasteiger partial charge in [0.15, 0.2) is 11.5 Å². The van der Waals surface area contributed by atoms with Crippen molar-refractivity contribution in [2.75, 3.05) is 96.8 Å². The van der Waals surface area contributed by atoms with Crippen molar-refractivity contribution in [3.05, 3.63) is 131 Å². The first kappa shape index (κ1) is 47.7. The van der Waals surface area contributed by atoms with Crippen LogP contribution in [0.5, 0.6) is 11.5 Å². The fraction of sp³-hybridized carbons (Fsp3) is 0.314. The lowest BCUT2D eigenvalue weighted by atomic mass is 10.1. The van der Waals surface area contributed by atoms with Crippen LogP contribution >= 0.6 is 0 Å². The van der Waals surface area contributed by atoms with Gasteiger partial charge in [0.2, 0.25) is 11.8 Å². The summed E-state index contributed by atoms with van der Waals surface area (Å²) >= 11 is 0. The van der Waals surface area contributed by atoms with Crippen molar-refractivity contribution < 1.29 is 47.0 Å². The number of nitrogens with one attached hydrogen (secondary N) is 3. The third kappa shape index (κ3) is 10.5. The summed E-state index contributed by atoms with van der Waals surface area (Å²) in [6.07, 6.45) is 6.24. The fourth-order valence-electron chi connectivity index (χ4n) is 8.61. The molecule has 0 aliphatic carbocycles. The summed E-state index contributed by atoms with van der Waals surface area (Å²) in [5.41, 5.74) is 5.14. The van der Waals surface area contributed by atoms with Crippen LogP contribution in [0.25, 0.3) is 0 Å². The molecule has 4 aromatic heterocycles. The topological polar surface area (TPSA) is 217 Å². The van der Waals surface area contributed by atoms with E-state index in [0.29, 0.717) is 79.2 Å². The summed E-state index contributed by atoms with van der Waals surface area (Å²) in [6.45, 7) is 11.8. The van der Waals surface area contributed by atoms with E-state index in [-0.39, 0.29) is 35.3 Å². The quantitative estimate of drug-likeness (QED) is 0.131. The number of hydrogen-bond donors (Lipinski definition) is 3. The summed E-state index contributed by atoms with van der Waals surface area (Å²) in [5.74, 6) is 0.747. The molecule has 2 saturated heterocycles. The fourth-order valence-corrected chi connectivity index (χ4v) is 8.61. The van der Waals surface area contributed by atoms with Gasteiger partial charge >= 0.3 is 6.09 Å². The molecular weight excluding hydrogens is 913 g/mol. The molecule has 20 heteroatoms. The molecule has 2 fully saturated rings. The number of benzene rings is 2. The average Bonchev–Trinajstić information content (AvgIpc) is 4.20. The van der Waals surface area contributed by atoms with Gasteiger partial charge in [0.1, 0.15) is 17.1 Å². The summed E-state index contributed by atoms with van der Waals surface area (Å²) in [6, 6.07) is 20.8. The number of aromatic nitrogens is 2. The van der Waals surface area contributed by atoms with Crippen molar-refractivity contribution in [1.82, 2.24) is 20.2 Å². The van der Waals surface area contributed by atoms with Crippen molar-refractivity contribution in [2.45, 2.75) is 39.5 Å². The number of carbonyl (C=O) groups excluding carboxylic acids is 5. The first-order valence-corrected chi connectivity index (χ1v) is 23.1. The molecular formula is C51H54N10O10. The Bertz CT molecular complexity index is 2970. The maximum atomic E-state index is 13.1. The molecule has 0 spiro atoms. The van der Waals surface area contributed by atoms with Crippen LogP contribution in [0.2, 0.25) is 0 Å². The number of anilines is 6. The normalized spacial score (nSPS) is 15.4. The van der Waals surface area contributed by atoms with Gasteiger partial charge < -0.3 is 53.7 Å². The largest absolute Gasteiger partial charge is 0.497 e. The molecule has 20 nitrogen and oxygen atoms in total. The van der Waals surface area contributed by atoms with Crippen molar-refractivity contribution in [1.29, 1.82) is 0 Å². The minimum Gasteiger partial charge on any atom is -0.497 e. The van der Waals surface area contributed by atoms with Crippen LogP contribution < -0.4 is 45.0 Å². The van der Waals surface area contributed by atoms with Gasteiger partial charge in [-0.15, -0.1) is 0 Å². The van der Waals surface area contributed by atoms with E-state index in [1.54, 1.807) is 80.3 Å². The van der Waals surface area contributed by atoms with E-state index in [1.807, 2.05) is 51.1 Å². The lowest BCUT2D eigenvalue weighted by Gasteiger charge is -2.37. The number of furan rings is 2. The van der Waals surface area contributed by atoms with Crippen molar-refractivity contribution >= 4 is 64.2 Å². The Labute approximate surface area is 409 Å². The molecule has 71 heavy (non-hydrogen) atoms. The van der Waals surface area contributed by atoms with E-state index >= 15 is 0 Å². The Morgan fingerprint density at radius 2 is 1.08 bits per heavy atom. The Kier molecular flexibility index (Phi) is 13.6. The van der Waals surface area contributed by atoms with Gasteiger partial charge in [-0.1, -0.05) is 12.1 Å². The van der Waals surface area contributed by atoms with Crippen LogP contribution in [0.1, 0.15) is 73.7 Å². The summed E-state index contributed by atoms with van der Waals surface area (Å²) < 4.78 is 27.5. The van der Waals surface area contributed by atoms with Crippen LogP contribution in [-0.2, 0) is 17.8 Å². The van der Waals surface area contributed by atoms with E-state index in [4.69, 9.17) is 23.0 Å². The van der Waals surface area contributed by atoms with E-state index < -0.39 is 17.4 Å². The van der Waals surface area contributed by atoms with Crippen LogP contribution in [0, 0.1) is 0 Å². The molecule has 0 saturated carbocycles. The predicted octanol–water partition coefficient (Wildman–Crippen LogP) is 6.66. The minimum absolute atomic E-state index is 0.0656. The maximum Gasteiger partial charge on any atom is 0.410 e. The lowest BCUT2D eigenvalue weighted by Crippen LogP contribution is -2.50. The van der Waals surface area contributed by atoms with Gasteiger partial charge in [-0.2, -0.15) is 0 Å². The number of nitrogens with zero attached hydrogens (tertiary/aromatic N) is 7. The minimum atomic E-state index is -0.553. The molecule has 6 aromatic rings. The van der Waals surface area contributed by atoms with Crippen LogP contribution in [0.15, 0.2) is 106 Å². The number of ether oxygens (including phenoxy) is 3. The Morgan fingerprint density at radius 3 is 1.54 bits per heavy atom. The summed E-state index contributed by atoms with van der Waals surface area (Å²) in [5, 5.41) is 9.09. The third-order valence-corrected chi connectivity index (χ3v) is 12.2. The molecule has 5 amide bonds. The van der Waals surface area contributed by atoms with E-state index in [1.165, 1.54) is 15.9 Å². The second-order valence-electron chi connectivity index (χ2n) is 18.0. The number of methoxy groups -OCH3 is 2. The first-order chi connectivity index (χ1) is 34.3. The summed E-state index contributed by atoms with van der Waals surface area (Å²) in [4.78, 5) is 81.5. The Balaban J connectivity index is 0.000000179. The van der Waals surface area contributed by atoms with Gasteiger partial charge in [-0.3, -0.25) is 38.9 Å². The number of pyridine rings is 2. The zero-order chi connectivity index (χ0) is 49.8. The molecule has 0 unspecified atom stereocenters. The number of rotatable bonds is 10. The first-order valence-electron chi connectivity index (χ1n) is 23.1. The van der Waals surface area contributed by atoms with Crippen LogP contribution in [0.4, 0.5) is 39.3 Å². The Morgan fingerprint density at radius 1 is 0.620 bits per heavy atom. The Hall–Kier alpha value is -8.39. The highest BCUT2D eigenvalue weighted by atomic mass is 16.6. The van der Waals surface area contributed by atoms with Crippen molar-refractivity contribution in [3.8, 4) is 11.5 Å². The second-order valence-corrected chi connectivity index (χ2v) is 18.0. The molecule has 0 radical (unpaired) electrons. The van der Waals surface area contributed by atoms with Crippen molar-refractivity contribution in [3.63, 3.8) is 0 Å². The van der Waals surface area contributed by atoms with E-state index in [0.717, 1.165) is 48.7 Å². The van der Waals surface area contributed by atoms with E-state index in [9.17, 15) is 24.0 Å². The van der Waals surface area contributed by atoms with Gasteiger partial charge in [-0.05, 0) is 80.4 Å². The molecule has 4 aliphatic heterocycles. The monoisotopic (exact) mass is 966 g/mol. The average molecular weight is 967 g/mol. The van der Waals surface area contributed by atoms with Gasteiger partial charge in [0, 0.05) is 88.0 Å². The number of piperazine rings is 2. The zero-order valence-electron chi connectivity index (χ0n) is 40.0. The SMILES string of the molecule is COc1ccc2c(c1)C(=O)N(c1ccc(C(=O)Nc3cnccc3N3CCN(C(=O)OC(C)(C)C)CC3)o1)C2.COc1ccc2c(c1)C(=O)N(c1ccc(C(=O)Nc3cnccc3N3CCNCC3)o1)C2. The van der Waals surface area contributed by atoms with Gasteiger partial charge in [0.25, 0.3) is 23.6 Å². The molecule has 368 valence electrons. The number of hydrogen-bond acceptors (Lipinski definition) is 15. The highest BCUT2D eigenvalue weighted by molar-refractivity contribution is 6.11. The lowest BCUT2D eigenvalue weighted by molar-refractivity contribution is 0.0240. The second kappa shape index (κ2) is 20.3. The van der Waals surface area contributed by atoms with E-state index in [2.05, 4.69) is 35.7 Å². The molecule has 8 heterocycles. The standard InChI is InChI=1S/C28H31N5O6.C23H23N5O4/c1-28(2,3)39-27(36)32-13-11-31(12-14-32)22-9-10-29-16-21(22)30-25(34)23-7-8-24(38-23)33-17-18-5-6-19(37-4)15-20(18)26(33)35;1-31-16-3-2-15-14-28(23(30)17(15)12-16)21-5-4-20(32-21)22(29)26-18-13-25-7-6-19(18)27-10-8-24-9-11-27/h5-10,15-16H,11-14,17H2,1-4H3,(H,30,34);2-7,12-13,24H,8-11,14H2,1H3,(H,26,29). The highest BCUT2D eigenvalue weighted by Gasteiger charge is 2.34. The molecule has 3 N–H and O–H groups in total. The number of fused-ring (bicyclic) bond motifs is 2.